The van der Waals surface area contributed by atoms with Crippen LogP contribution in [0.3, 0.4) is 0 Å². The number of ether oxygens (including phenoxy) is 2. The number of imidazole rings is 2. The zero-order valence-corrected chi connectivity index (χ0v) is 27.5. The molecule has 2 fully saturated rings. The minimum atomic E-state index is -5.79. The van der Waals surface area contributed by atoms with Crippen LogP contribution in [0.25, 0.3) is 16.8 Å². The number of hydrogen-bond acceptors (Lipinski definition) is 17. The minimum absolute atomic E-state index is 0.0838. The predicted molar refractivity (Wildman–Crippen MR) is 153 cm³/mol. The SMILES string of the molecule is O=C(O)c1ccc[n+]([C@@H]2O[C@H](COP(=O)(O)OP(=O)([O-])OC[C@H]3O[C@@H](n4cnc5c4ncn4ccnc54)[C@H](OP(=O)(O)O)[C@@H]3O)[C@@H](O)[C@H]2O)c1. The molecule has 10 atom stereocenters. The minimum Gasteiger partial charge on any atom is -0.756 e. The maximum Gasteiger partial charge on any atom is 0.478 e. The number of aromatic nitrogens is 6. The molecule has 0 spiro atoms. The summed E-state index contributed by atoms with van der Waals surface area (Å²) in [6, 6.07) is 2.58. The second-order valence-electron chi connectivity index (χ2n) is 10.8. The van der Waals surface area contributed by atoms with E-state index >= 15 is 0 Å². The number of phosphoric ester groups is 3. The van der Waals surface area contributed by atoms with Crippen LogP contribution in [-0.4, -0.2) is 115 Å². The molecule has 4 aromatic heterocycles. The van der Waals surface area contributed by atoms with Crippen molar-refractivity contribution in [2.45, 2.75) is 49.1 Å². The summed E-state index contributed by atoms with van der Waals surface area (Å²) < 4.78 is 69.8. The largest absolute Gasteiger partial charge is 0.756 e. The summed E-state index contributed by atoms with van der Waals surface area (Å²) in [5.41, 5.74) is 0.485. The Hall–Kier alpha value is -3.12. The number of carbonyl (C=O) groups is 1. The fourth-order valence-electron chi connectivity index (χ4n) is 5.28. The Labute approximate surface area is 278 Å². The van der Waals surface area contributed by atoms with E-state index in [2.05, 4.69) is 28.3 Å². The van der Waals surface area contributed by atoms with E-state index in [0.29, 0.717) is 5.65 Å². The first-order valence-electron chi connectivity index (χ1n) is 14.0. The number of nitrogens with zero attached hydrogens (tertiary/aromatic N) is 6. The molecular formula is C23H27N6O18P3. The zero-order chi connectivity index (χ0) is 36.2. The number of carboxylic acids is 1. The standard InChI is InChI=1S/C23H27N6O18P3/c30-15-12(44-21(17(15)32)27-4-1-2-11(6-27)23(33)34)7-42-49(38,39)47-50(40,41)43-8-13-16(31)18(46-48(35,36)37)22(45-13)29-10-25-14-19-24-3-5-28(19)9-26-20(14)29/h1-6,9-10,12-13,15-18,21-22,30-32H,7-8H2,(H4-,33,34,35,36,37,38,39,40,41)/t12-,13-,15-,16-,17-,18-,21-,22-/m1/s1. The molecular weight excluding hydrogens is 741 g/mol. The molecule has 0 saturated carbocycles. The number of carboxylic acid groups (broad SMARTS) is 1. The highest BCUT2D eigenvalue weighted by molar-refractivity contribution is 7.60. The summed E-state index contributed by atoms with van der Waals surface area (Å²) in [7, 11) is -16.6. The van der Waals surface area contributed by atoms with Gasteiger partial charge in [-0.2, -0.15) is 4.57 Å². The topological polar surface area (TPSA) is 340 Å². The van der Waals surface area contributed by atoms with Gasteiger partial charge in [-0.3, -0.25) is 22.6 Å². The molecule has 27 heteroatoms. The highest BCUT2D eigenvalue weighted by Gasteiger charge is 2.51. The number of aliphatic hydroxyl groups excluding tert-OH is 3. The van der Waals surface area contributed by atoms with E-state index in [0.717, 1.165) is 21.7 Å². The Morgan fingerprint density at radius 3 is 2.40 bits per heavy atom. The summed E-state index contributed by atoms with van der Waals surface area (Å²) >= 11 is 0. The first-order chi connectivity index (χ1) is 23.4. The van der Waals surface area contributed by atoms with E-state index in [9.17, 15) is 58.5 Å². The van der Waals surface area contributed by atoms with E-state index in [4.69, 9.17) is 14.0 Å². The van der Waals surface area contributed by atoms with Crippen LogP contribution in [0.2, 0.25) is 0 Å². The average molecular weight is 768 g/mol. The second kappa shape index (κ2) is 13.8. The summed E-state index contributed by atoms with van der Waals surface area (Å²) in [5.74, 6) is -1.29. The van der Waals surface area contributed by atoms with Crippen molar-refractivity contribution >= 4 is 46.2 Å². The van der Waals surface area contributed by atoms with Gasteiger partial charge in [0.1, 0.15) is 42.4 Å². The van der Waals surface area contributed by atoms with E-state index < -0.39 is 91.7 Å². The third kappa shape index (κ3) is 7.71. The van der Waals surface area contributed by atoms with Crippen molar-refractivity contribution in [3.63, 3.8) is 0 Å². The van der Waals surface area contributed by atoms with Gasteiger partial charge in [0.2, 0.25) is 0 Å². The van der Waals surface area contributed by atoms with Crippen LogP contribution >= 0.6 is 23.5 Å². The Morgan fingerprint density at radius 2 is 1.68 bits per heavy atom. The molecule has 0 radical (unpaired) electrons. The zero-order valence-electron chi connectivity index (χ0n) is 24.8. The highest BCUT2D eigenvalue weighted by atomic mass is 31.3. The van der Waals surface area contributed by atoms with Gasteiger partial charge in [-0.1, -0.05) is 0 Å². The molecule has 272 valence electrons. The van der Waals surface area contributed by atoms with Gasteiger partial charge in [-0.25, -0.2) is 33.2 Å². The molecule has 6 rings (SSSR count). The smallest absolute Gasteiger partial charge is 0.478 e. The molecule has 6 heterocycles. The van der Waals surface area contributed by atoms with Gasteiger partial charge < -0.3 is 54.0 Å². The Balaban J connectivity index is 1.09. The lowest BCUT2D eigenvalue weighted by Gasteiger charge is -2.26. The van der Waals surface area contributed by atoms with Crippen molar-refractivity contribution in [1.29, 1.82) is 0 Å². The lowest BCUT2D eigenvalue weighted by molar-refractivity contribution is -0.765. The van der Waals surface area contributed by atoms with Gasteiger partial charge in [-0.05, 0) is 6.07 Å². The molecule has 0 bridgehead atoms. The number of aliphatic hydroxyl groups is 3. The second-order valence-corrected chi connectivity index (χ2v) is 15.0. The fourth-order valence-corrected chi connectivity index (χ4v) is 7.88. The molecule has 0 aromatic carbocycles. The molecule has 24 nitrogen and oxygen atoms in total. The first-order valence-corrected chi connectivity index (χ1v) is 18.5. The van der Waals surface area contributed by atoms with Gasteiger partial charge in [-0.15, -0.1) is 0 Å². The number of rotatable bonds is 13. The third-order valence-corrected chi connectivity index (χ3v) is 10.6. The molecule has 0 amide bonds. The lowest BCUT2D eigenvalue weighted by atomic mass is 10.1. The maximum absolute atomic E-state index is 12.5. The van der Waals surface area contributed by atoms with Crippen molar-refractivity contribution in [2.75, 3.05) is 13.2 Å². The maximum atomic E-state index is 12.5. The summed E-state index contributed by atoms with van der Waals surface area (Å²) in [6.45, 7) is -2.14. The normalized spacial score (nSPS) is 29.7. The number of hydrogen-bond donors (Lipinski definition) is 7. The number of aromatic carboxylic acids is 1. The molecule has 0 aliphatic carbocycles. The molecule has 2 saturated heterocycles. The highest BCUT2D eigenvalue weighted by Crippen LogP contribution is 2.58. The van der Waals surface area contributed by atoms with Crippen LogP contribution in [0, 0.1) is 0 Å². The van der Waals surface area contributed by atoms with Crippen LogP contribution in [-0.2, 0) is 41.1 Å². The number of phosphoric acid groups is 3. The Kier molecular flexibility index (Phi) is 10.1. The van der Waals surface area contributed by atoms with Gasteiger partial charge in [0.25, 0.3) is 14.1 Å². The summed E-state index contributed by atoms with van der Waals surface area (Å²) in [5, 5.41) is 40.8. The van der Waals surface area contributed by atoms with Gasteiger partial charge >= 0.3 is 21.6 Å². The van der Waals surface area contributed by atoms with Crippen molar-refractivity contribution in [1.82, 2.24) is 23.9 Å². The Bertz CT molecular complexity index is 2040. The summed E-state index contributed by atoms with van der Waals surface area (Å²) in [4.78, 5) is 65.3. The van der Waals surface area contributed by atoms with Crippen LogP contribution in [0.4, 0.5) is 0 Å². The van der Waals surface area contributed by atoms with E-state index in [1.54, 1.807) is 6.20 Å². The van der Waals surface area contributed by atoms with E-state index in [-0.39, 0.29) is 16.7 Å². The Morgan fingerprint density at radius 1 is 0.960 bits per heavy atom. The molecule has 7 N–H and O–H groups in total. The van der Waals surface area contributed by atoms with Crippen LogP contribution < -0.4 is 9.46 Å². The van der Waals surface area contributed by atoms with Crippen molar-refractivity contribution < 1.29 is 90.4 Å². The lowest BCUT2D eigenvalue weighted by Crippen LogP contribution is -2.46. The fraction of sp³-hybridized carbons (Fsp3) is 0.435. The quantitative estimate of drug-likeness (QED) is 0.0557. The van der Waals surface area contributed by atoms with Gasteiger partial charge in [0, 0.05) is 18.5 Å². The molecule has 4 aromatic rings. The average Bonchev–Trinajstić information content (AvgIpc) is 3.80. The monoisotopic (exact) mass is 768 g/mol. The molecule has 2 aliphatic heterocycles. The summed E-state index contributed by atoms with van der Waals surface area (Å²) in [6.07, 6.45) is -5.43. The molecule has 2 aliphatic rings. The van der Waals surface area contributed by atoms with Crippen molar-refractivity contribution in [2.24, 2.45) is 0 Å². The van der Waals surface area contributed by atoms with Gasteiger partial charge in [0.15, 0.2) is 41.5 Å². The number of pyridine rings is 1. The first kappa shape index (κ1) is 36.7. The molecule has 2 unspecified atom stereocenters. The van der Waals surface area contributed by atoms with E-state index in [1.807, 2.05) is 0 Å². The van der Waals surface area contributed by atoms with Crippen LogP contribution in [0.15, 0.2) is 49.6 Å². The van der Waals surface area contributed by atoms with Crippen molar-refractivity contribution in [3.8, 4) is 0 Å². The van der Waals surface area contributed by atoms with Crippen LogP contribution in [0.1, 0.15) is 22.8 Å². The van der Waals surface area contributed by atoms with Crippen LogP contribution in [0.5, 0.6) is 0 Å². The van der Waals surface area contributed by atoms with E-state index in [1.165, 1.54) is 35.3 Å². The van der Waals surface area contributed by atoms with Gasteiger partial charge in [0.05, 0.1) is 19.5 Å². The number of fused-ring (bicyclic) bond motifs is 3. The molecule has 50 heavy (non-hydrogen) atoms. The van der Waals surface area contributed by atoms with Crippen molar-refractivity contribution in [3.05, 3.63) is 55.1 Å². The third-order valence-electron chi connectivity index (χ3n) is 7.50. The predicted octanol–water partition coefficient (Wildman–Crippen LogP) is -2.26.